The SMILES string of the molecule is CC12CC=C3C=C4CC(O)CCC4CC[C@]3(O)C1CC=C2c1ccc2cc(N)ncc2c1. The Bertz CT molecular complexity index is 1200. The van der Waals surface area contributed by atoms with Crippen LogP contribution in [-0.4, -0.2) is 26.9 Å². The van der Waals surface area contributed by atoms with E-state index in [9.17, 15) is 10.2 Å². The molecule has 4 unspecified atom stereocenters. The van der Waals surface area contributed by atoms with Gasteiger partial charge < -0.3 is 15.9 Å². The van der Waals surface area contributed by atoms with E-state index in [1.165, 1.54) is 16.7 Å². The summed E-state index contributed by atoms with van der Waals surface area (Å²) in [5.74, 6) is 1.22. The van der Waals surface area contributed by atoms with Crippen LogP contribution in [0.1, 0.15) is 57.4 Å². The molecule has 0 saturated heterocycles. The number of hydrogen-bond donors (Lipinski definition) is 3. The molecule has 0 aliphatic heterocycles. The highest BCUT2D eigenvalue weighted by atomic mass is 16.3. The Kier molecular flexibility index (Phi) is 4.44. The third-order valence-electron chi connectivity index (χ3n) is 8.88. The van der Waals surface area contributed by atoms with Gasteiger partial charge in [0.05, 0.1) is 11.7 Å². The first-order chi connectivity index (χ1) is 15.4. The van der Waals surface area contributed by atoms with Crippen molar-refractivity contribution in [3.8, 4) is 0 Å². The van der Waals surface area contributed by atoms with Gasteiger partial charge in [-0.3, -0.25) is 0 Å². The van der Waals surface area contributed by atoms with Gasteiger partial charge in [-0.05, 0) is 85.1 Å². The molecule has 4 heteroatoms. The monoisotopic (exact) mass is 428 g/mol. The zero-order valence-electron chi connectivity index (χ0n) is 18.7. The number of anilines is 1. The largest absolute Gasteiger partial charge is 0.393 e. The lowest BCUT2D eigenvalue weighted by Crippen LogP contribution is -2.48. The van der Waals surface area contributed by atoms with Gasteiger partial charge in [-0.25, -0.2) is 4.98 Å². The minimum Gasteiger partial charge on any atom is -0.393 e. The Balaban J connectivity index is 1.37. The number of hydrogen-bond acceptors (Lipinski definition) is 4. The summed E-state index contributed by atoms with van der Waals surface area (Å²) in [5.41, 5.74) is 9.97. The van der Waals surface area contributed by atoms with Crippen molar-refractivity contribution in [2.24, 2.45) is 17.3 Å². The van der Waals surface area contributed by atoms with Crippen molar-refractivity contribution in [2.45, 2.75) is 63.6 Å². The van der Waals surface area contributed by atoms with Crippen LogP contribution in [0.15, 0.2) is 59.8 Å². The van der Waals surface area contributed by atoms with Crippen molar-refractivity contribution in [2.75, 3.05) is 5.73 Å². The highest BCUT2D eigenvalue weighted by Gasteiger charge is 2.55. The minimum absolute atomic E-state index is 0.0965. The van der Waals surface area contributed by atoms with E-state index in [0.717, 1.165) is 61.3 Å². The van der Waals surface area contributed by atoms with Gasteiger partial charge >= 0.3 is 0 Å². The van der Waals surface area contributed by atoms with Gasteiger partial charge in [0.15, 0.2) is 0 Å². The van der Waals surface area contributed by atoms with E-state index in [4.69, 9.17) is 5.73 Å². The number of rotatable bonds is 1. The fourth-order valence-electron chi connectivity index (χ4n) is 7.09. The molecule has 4 aliphatic carbocycles. The maximum Gasteiger partial charge on any atom is 0.123 e. The first-order valence-electron chi connectivity index (χ1n) is 12.0. The summed E-state index contributed by atoms with van der Waals surface area (Å²) in [4.78, 5) is 4.27. The van der Waals surface area contributed by atoms with Crippen LogP contribution >= 0.6 is 0 Å². The molecular formula is C28H32N2O2. The molecule has 0 spiro atoms. The third kappa shape index (κ3) is 2.93. The van der Waals surface area contributed by atoms with Gasteiger partial charge in [-0.1, -0.05) is 42.9 Å². The zero-order valence-corrected chi connectivity index (χ0v) is 18.7. The van der Waals surface area contributed by atoms with Crippen LogP contribution in [0.5, 0.6) is 0 Å². The summed E-state index contributed by atoms with van der Waals surface area (Å²) in [6.07, 6.45) is 14.9. The average Bonchev–Trinajstić information content (AvgIpc) is 3.06. The molecule has 1 aromatic heterocycles. The molecule has 0 bridgehead atoms. The molecule has 6 rings (SSSR count). The number of benzene rings is 1. The highest BCUT2D eigenvalue weighted by Crippen LogP contribution is 2.61. The van der Waals surface area contributed by atoms with Crippen molar-refractivity contribution in [3.05, 3.63) is 65.4 Å². The van der Waals surface area contributed by atoms with E-state index in [1.54, 1.807) is 0 Å². The topological polar surface area (TPSA) is 79.4 Å². The van der Waals surface area contributed by atoms with Crippen molar-refractivity contribution >= 4 is 22.2 Å². The second-order valence-corrected chi connectivity index (χ2v) is 10.7. The molecule has 4 aliphatic rings. The molecule has 4 N–H and O–H groups in total. The summed E-state index contributed by atoms with van der Waals surface area (Å²) < 4.78 is 0. The Morgan fingerprint density at radius 2 is 1.97 bits per heavy atom. The van der Waals surface area contributed by atoms with Crippen molar-refractivity contribution in [1.29, 1.82) is 0 Å². The summed E-state index contributed by atoms with van der Waals surface area (Å²) >= 11 is 0. The lowest BCUT2D eigenvalue weighted by molar-refractivity contribution is -0.0330. The Morgan fingerprint density at radius 1 is 1.09 bits per heavy atom. The van der Waals surface area contributed by atoms with Gasteiger partial charge in [0.25, 0.3) is 0 Å². The average molecular weight is 429 g/mol. The van der Waals surface area contributed by atoms with E-state index < -0.39 is 5.60 Å². The van der Waals surface area contributed by atoms with Gasteiger partial charge in [0.2, 0.25) is 0 Å². The molecule has 1 saturated carbocycles. The Hall–Kier alpha value is -2.43. The molecule has 0 radical (unpaired) electrons. The van der Waals surface area contributed by atoms with Crippen molar-refractivity contribution < 1.29 is 10.2 Å². The first-order valence-corrected chi connectivity index (χ1v) is 12.0. The molecule has 1 fully saturated rings. The van der Waals surface area contributed by atoms with Crippen LogP contribution in [0.3, 0.4) is 0 Å². The van der Waals surface area contributed by atoms with Gasteiger partial charge in [0, 0.05) is 22.9 Å². The number of fused-ring (bicyclic) bond motifs is 5. The van der Waals surface area contributed by atoms with Crippen LogP contribution in [0.4, 0.5) is 5.82 Å². The lowest BCUT2D eigenvalue weighted by Gasteiger charge is -2.48. The summed E-state index contributed by atoms with van der Waals surface area (Å²) in [7, 11) is 0. The molecule has 1 heterocycles. The Morgan fingerprint density at radius 3 is 2.84 bits per heavy atom. The smallest absolute Gasteiger partial charge is 0.123 e. The molecule has 4 nitrogen and oxygen atoms in total. The van der Waals surface area contributed by atoms with E-state index in [0.29, 0.717) is 11.7 Å². The summed E-state index contributed by atoms with van der Waals surface area (Å²) in [5, 5.41) is 24.6. The maximum absolute atomic E-state index is 12.2. The number of aliphatic hydroxyl groups excluding tert-OH is 1. The molecular weight excluding hydrogens is 396 g/mol. The van der Waals surface area contributed by atoms with Crippen molar-refractivity contribution in [1.82, 2.24) is 4.98 Å². The molecule has 32 heavy (non-hydrogen) atoms. The molecule has 166 valence electrons. The molecule has 0 amide bonds. The highest BCUT2D eigenvalue weighted by molar-refractivity contribution is 5.88. The number of nitrogens with two attached hydrogens (primary N) is 1. The zero-order chi connectivity index (χ0) is 22.1. The van der Waals surface area contributed by atoms with Gasteiger partial charge in [-0.15, -0.1) is 0 Å². The van der Waals surface area contributed by atoms with Crippen LogP contribution in [0.25, 0.3) is 16.3 Å². The second kappa shape index (κ2) is 7.03. The summed E-state index contributed by atoms with van der Waals surface area (Å²) in [6, 6.07) is 8.45. The number of pyridine rings is 1. The fourth-order valence-corrected chi connectivity index (χ4v) is 7.09. The number of aromatic nitrogens is 1. The number of aliphatic hydroxyl groups is 2. The van der Waals surface area contributed by atoms with E-state index in [1.807, 2.05) is 12.3 Å². The van der Waals surface area contributed by atoms with Crippen molar-refractivity contribution in [3.63, 3.8) is 0 Å². The fraction of sp³-hybridized carbons (Fsp3) is 0.464. The van der Waals surface area contributed by atoms with Crippen LogP contribution in [0.2, 0.25) is 0 Å². The molecule has 1 aromatic carbocycles. The number of nitrogens with zero attached hydrogens (tertiary/aromatic N) is 1. The standard InChI is InChI=1S/C28H32N2O2/c1-27-10-9-22-13-20-14-23(31)5-4-17(20)8-11-28(22,32)25(27)7-6-24(27)19-3-2-18-15-26(29)30-16-21(18)12-19/h2-3,6,9,12-13,15-17,23,25,31-32H,4-5,7-8,10-11,14H2,1H3,(H2,29,30)/t17?,23?,25?,27?,28-/m1/s1. The van der Waals surface area contributed by atoms with Gasteiger partial charge in [0.1, 0.15) is 5.82 Å². The lowest BCUT2D eigenvalue weighted by atomic mass is 9.58. The van der Waals surface area contributed by atoms with E-state index in [-0.39, 0.29) is 17.4 Å². The Labute approximate surface area is 189 Å². The predicted molar refractivity (Wildman–Crippen MR) is 129 cm³/mol. The van der Waals surface area contributed by atoms with E-state index >= 15 is 0 Å². The molecule has 5 atom stereocenters. The van der Waals surface area contributed by atoms with Crippen LogP contribution in [0, 0.1) is 17.3 Å². The van der Waals surface area contributed by atoms with E-state index in [2.05, 4.69) is 48.3 Å². The van der Waals surface area contributed by atoms with Crippen LogP contribution in [-0.2, 0) is 0 Å². The number of allylic oxidation sites excluding steroid dienone is 3. The quantitative estimate of drug-likeness (QED) is 0.585. The van der Waals surface area contributed by atoms with Gasteiger partial charge in [-0.2, -0.15) is 0 Å². The third-order valence-corrected chi connectivity index (χ3v) is 8.88. The predicted octanol–water partition coefficient (Wildman–Crippen LogP) is 5.17. The normalized spacial score (nSPS) is 36.3. The molecule has 2 aromatic rings. The van der Waals surface area contributed by atoms with Crippen LogP contribution < -0.4 is 5.73 Å². The number of nitrogen functional groups attached to an aromatic ring is 1. The maximum atomic E-state index is 12.2. The minimum atomic E-state index is -0.798. The second-order valence-electron chi connectivity index (χ2n) is 10.7. The summed E-state index contributed by atoms with van der Waals surface area (Å²) in [6.45, 7) is 2.34. The first kappa shape index (κ1) is 20.2.